The van der Waals surface area contributed by atoms with Crippen LogP contribution in [0.5, 0.6) is 0 Å². The van der Waals surface area contributed by atoms with Gasteiger partial charge in [0.25, 0.3) is 0 Å². The van der Waals surface area contributed by atoms with E-state index in [9.17, 15) is 0 Å². The molecule has 0 radical (unpaired) electrons. The van der Waals surface area contributed by atoms with Gasteiger partial charge >= 0.3 is 0 Å². The van der Waals surface area contributed by atoms with Gasteiger partial charge in [-0.1, -0.05) is 46.5 Å². The van der Waals surface area contributed by atoms with Crippen LogP contribution in [0.3, 0.4) is 0 Å². The number of rotatable bonds is 9. The van der Waals surface area contributed by atoms with Gasteiger partial charge in [0, 0.05) is 18.7 Å². The van der Waals surface area contributed by atoms with E-state index in [1.54, 1.807) is 0 Å². The Morgan fingerprint density at radius 2 is 1.89 bits per heavy atom. The fraction of sp³-hybridized carbons (Fsp3) is 1.00. The van der Waals surface area contributed by atoms with Crippen molar-refractivity contribution >= 4 is 0 Å². The van der Waals surface area contributed by atoms with Crippen LogP contribution in [-0.2, 0) is 4.74 Å². The molecule has 0 spiro atoms. The second-order valence-corrected chi connectivity index (χ2v) is 6.35. The molecule has 1 aliphatic rings. The highest BCUT2D eigenvalue weighted by Gasteiger charge is 2.34. The summed E-state index contributed by atoms with van der Waals surface area (Å²) >= 11 is 0. The Bertz CT molecular complexity index is 225. The first-order chi connectivity index (χ1) is 9.15. The molecule has 2 nitrogen and oxygen atoms in total. The molecule has 2 atom stereocenters. The standard InChI is InChI=1S/C17H35NO/c1-5-8-9-10-11-15(4)18-16-12-13-19-17(6-2,7-3)14-16/h15-16,18H,5-14H2,1-4H3. The zero-order chi connectivity index (χ0) is 14.1. The minimum atomic E-state index is 0.151. The number of hydrogen-bond donors (Lipinski definition) is 1. The van der Waals surface area contributed by atoms with E-state index < -0.39 is 0 Å². The van der Waals surface area contributed by atoms with Crippen LogP contribution in [0.15, 0.2) is 0 Å². The van der Waals surface area contributed by atoms with Crippen molar-refractivity contribution in [1.29, 1.82) is 0 Å². The molecule has 1 aliphatic heterocycles. The molecule has 2 heteroatoms. The van der Waals surface area contributed by atoms with Crippen LogP contribution in [0, 0.1) is 0 Å². The molecular formula is C17H35NO. The van der Waals surface area contributed by atoms with Gasteiger partial charge in [0.2, 0.25) is 0 Å². The van der Waals surface area contributed by atoms with Crippen LogP contribution < -0.4 is 5.32 Å². The minimum Gasteiger partial charge on any atom is -0.375 e. The number of unbranched alkanes of at least 4 members (excludes halogenated alkanes) is 3. The average Bonchev–Trinajstić information content (AvgIpc) is 2.44. The summed E-state index contributed by atoms with van der Waals surface area (Å²) in [5, 5.41) is 3.84. The molecule has 0 amide bonds. The third kappa shape index (κ3) is 5.83. The summed E-state index contributed by atoms with van der Waals surface area (Å²) in [5.74, 6) is 0. The Balaban J connectivity index is 2.27. The molecule has 0 bridgehead atoms. The molecule has 19 heavy (non-hydrogen) atoms. The molecule has 0 aromatic heterocycles. The summed E-state index contributed by atoms with van der Waals surface area (Å²) in [4.78, 5) is 0. The Morgan fingerprint density at radius 3 is 2.53 bits per heavy atom. The first-order valence-electron chi connectivity index (χ1n) is 8.55. The SMILES string of the molecule is CCCCCCC(C)NC1CCOC(CC)(CC)C1. The highest BCUT2D eigenvalue weighted by atomic mass is 16.5. The lowest BCUT2D eigenvalue weighted by atomic mass is 9.85. The first-order valence-corrected chi connectivity index (χ1v) is 8.55. The maximum absolute atomic E-state index is 6.05. The van der Waals surface area contributed by atoms with Crippen LogP contribution in [-0.4, -0.2) is 24.3 Å². The fourth-order valence-electron chi connectivity index (χ4n) is 3.28. The predicted molar refractivity (Wildman–Crippen MR) is 83.6 cm³/mol. The quantitative estimate of drug-likeness (QED) is 0.614. The van der Waals surface area contributed by atoms with Crippen LogP contribution in [0.4, 0.5) is 0 Å². The van der Waals surface area contributed by atoms with E-state index in [2.05, 4.69) is 33.0 Å². The van der Waals surface area contributed by atoms with Crippen LogP contribution in [0.25, 0.3) is 0 Å². The highest BCUT2D eigenvalue weighted by molar-refractivity contribution is 4.89. The zero-order valence-electron chi connectivity index (χ0n) is 13.6. The third-order valence-electron chi connectivity index (χ3n) is 4.79. The van der Waals surface area contributed by atoms with E-state index in [1.807, 2.05) is 0 Å². The Kier molecular flexibility index (Phi) is 8.01. The molecule has 114 valence electrons. The molecule has 0 saturated carbocycles. The zero-order valence-corrected chi connectivity index (χ0v) is 13.6. The van der Waals surface area contributed by atoms with E-state index in [1.165, 1.54) is 44.9 Å². The summed E-state index contributed by atoms with van der Waals surface area (Å²) in [7, 11) is 0. The lowest BCUT2D eigenvalue weighted by Gasteiger charge is -2.41. The maximum Gasteiger partial charge on any atom is 0.0692 e. The van der Waals surface area contributed by atoms with Crippen molar-refractivity contribution in [2.24, 2.45) is 0 Å². The van der Waals surface area contributed by atoms with Crippen molar-refractivity contribution in [1.82, 2.24) is 5.32 Å². The lowest BCUT2D eigenvalue weighted by Crippen LogP contribution is -2.48. The summed E-state index contributed by atoms with van der Waals surface area (Å²) in [6.45, 7) is 10.1. The molecule has 0 aromatic rings. The molecule has 1 heterocycles. The topological polar surface area (TPSA) is 21.3 Å². The molecule has 2 unspecified atom stereocenters. The van der Waals surface area contributed by atoms with Crippen molar-refractivity contribution in [3.8, 4) is 0 Å². The van der Waals surface area contributed by atoms with Crippen LogP contribution in [0.2, 0.25) is 0 Å². The molecule has 0 aliphatic carbocycles. The van der Waals surface area contributed by atoms with E-state index in [4.69, 9.17) is 4.74 Å². The van der Waals surface area contributed by atoms with Crippen LogP contribution in [0.1, 0.15) is 85.5 Å². The Morgan fingerprint density at radius 1 is 1.16 bits per heavy atom. The molecule has 1 N–H and O–H groups in total. The number of hydrogen-bond acceptors (Lipinski definition) is 2. The van der Waals surface area contributed by atoms with Gasteiger partial charge in [-0.2, -0.15) is 0 Å². The summed E-state index contributed by atoms with van der Waals surface area (Å²) < 4.78 is 6.05. The third-order valence-corrected chi connectivity index (χ3v) is 4.79. The van der Waals surface area contributed by atoms with E-state index >= 15 is 0 Å². The average molecular weight is 269 g/mol. The van der Waals surface area contributed by atoms with Crippen molar-refractivity contribution in [3.63, 3.8) is 0 Å². The smallest absolute Gasteiger partial charge is 0.0692 e. The van der Waals surface area contributed by atoms with Gasteiger partial charge in [0.1, 0.15) is 0 Å². The summed E-state index contributed by atoms with van der Waals surface area (Å²) in [5.41, 5.74) is 0.151. The molecule has 0 aromatic carbocycles. The molecule has 1 fully saturated rings. The highest BCUT2D eigenvalue weighted by Crippen LogP contribution is 2.31. The maximum atomic E-state index is 6.05. The second-order valence-electron chi connectivity index (χ2n) is 6.35. The molecular weight excluding hydrogens is 234 g/mol. The second kappa shape index (κ2) is 8.97. The van der Waals surface area contributed by atoms with E-state index in [0.29, 0.717) is 12.1 Å². The summed E-state index contributed by atoms with van der Waals surface area (Å²) in [6.07, 6.45) is 11.5. The predicted octanol–water partition coefficient (Wildman–Crippen LogP) is 4.67. The van der Waals surface area contributed by atoms with Gasteiger partial charge in [-0.3, -0.25) is 0 Å². The Hall–Kier alpha value is -0.0800. The van der Waals surface area contributed by atoms with Gasteiger partial charge in [0.05, 0.1) is 5.60 Å². The van der Waals surface area contributed by atoms with Crippen molar-refractivity contribution in [3.05, 3.63) is 0 Å². The summed E-state index contributed by atoms with van der Waals surface area (Å²) in [6, 6.07) is 1.32. The fourth-order valence-corrected chi connectivity index (χ4v) is 3.28. The van der Waals surface area contributed by atoms with Gasteiger partial charge in [-0.15, -0.1) is 0 Å². The Labute approximate surface area is 120 Å². The first kappa shape index (κ1) is 17.0. The minimum absolute atomic E-state index is 0.151. The number of nitrogens with one attached hydrogen (secondary N) is 1. The van der Waals surface area contributed by atoms with Gasteiger partial charge in [-0.25, -0.2) is 0 Å². The normalized spacial score (nSPS) is 24.3. The monoisotopic (exact) mass is 269 g/mol. The van der Waals surface area contributed by atoms with Crippen molar-refractivity contribution in [2.75, 3.05) is 6.61 Å². The van der Waals surface area contributed by atoms with Crippen LogP contribution >= 0.6 is 0 Å². The molecule has 1 rings (SSSR count). The lowest BCUT2D eigenvalue weighted by molar-refractivity contribution is -0.0939. The van der Waals surface area contributed by atoms with E-state index in [-0.39, 0.29) is 5.60 Å². The van der Waals surface area contributed by atoms with Gasteiger partial charge in [-0.05, 0) is 39.0 Å². The van der Waals surface area contributed by atoms with E-state index in [0.717, 1.165) is 19.4 Å². The van der Waals surface area contributed by atoms with Gasteiger partial charge < -0.3 is 10.1 Å². The molecule has 1 saturated heterocycles. The van der Waals surface area contributed by atoms with Gasteiger partial charge in [0.15, 0.2) is 0 Å². The number of ether oxygens (including phenoxy) is 1. The van der Waals surface area contributed by atoms with Crippen molar-refractivity contribution < 1.29 is 4.74 Å². The largest absolute Gasteiger partial charge is 0.375 e. The van der Waals surface area contributed by atoms with Crippen molar-refractivity contribution in [2.45, 2.75) is 103 Å².